The minimum Gasteiger partial charge on any atom is -0.389 e. The Morgan fingerprint density at radius 3 is 2.69 bits per heavy atom. The number of carbonyl (C=O) groups is 2. The van der Waals surface area contributed by atoms with Crippen LogP contribution in [0.2, 0.25) is 0 Å². The molecule has 4 heteroatoms. The number of unbranched alkanes of at least 4 members (excludes halogenated alkanes) is 2. The van der Waals surface area contributed by atoms with Crippen molar-refractivity contribution in [2.24, 2.45) is 0 Å². The first-order chi connectivity index (χ1) is 7.63. The third-order valence-electron chi connectivity index (χ3n) is 2.72. The molecular formula is C12H18O4. The predicted molar refractivity (Wildman–Crippen MR) is 58.9 cm³/mol. The number of rotatable bonds is 7. The molecule has 16 heavy (non-hydrogen) atoms. The van der Waals surface area contributed by atoms with E-state index >= 15 is 0 Å². The lowest BCUT2D eigenvalue weighted by Gasteiger charge is -2.00. The van der Waals surface area contributed by atoms with E-state index in [4.69, 9.17) is 5.11 Å². The fourth-order valence-electron chi connectivity index (χ4n) is 1.82. The Bertz CT molecular complexity index is 293. The Balaban J connectivity index is 2.10. The minimum absolute atomic E-state index is 0.0407. The lowest BCUT2D eigenvalue weighted by atomic mass is 10.0. The van der Waals surface area contributed by atoms with Crippen molar-refractivity contribution in [3.8, 4) is 0 Å². The molecule has 1 unspecified atom stereocenters. The van der Waals surface area contributed by atoms with Gasteiger partial charge in [0.15, 0.2) is 11.6 Å². The maximum Gasteiger partial charge on any atom is 0.161 e. The van der Waals surface area contributed by atoms with Gasteiger partial charge in [-0.2, -0.15) is 0 Å². The van der Waals surface area contributed by atoms with E-state index in [-0.39, 0.29) is 24.6 Å². The van der Waals surface area contributed by atoms with Gasteiger partial charge in [0.05, 0.1) is 6.10 Å². The molecular weight excluding hydrogens is 208 g/mol. The Labute approximate surface area is 95.0 Å². The maximum atomic E-state index is 11.3. The molecule has 0 saturated carbocycles. The van der Waals surface area contributed by atoms with E-state index in [1.54, 1.807) is 6.08 Å². The van der Waals surface area contributed by atoms with Crippen LogP contribution < -0.4 is 0 Å². The molecule has 0 bridgehead atoms. The van der Waals surface area contributed by atoms with Gasteiger partial charge in [-0.05, 0) is 30.9 Å². The molecule has 0 aromatic heterocycles. The smallest absolute Gasteiger partial charge is 0.161 e. The molecule has 1 rings (SSSR count). The van der Waals surface area contributed by atoms with Crippen molar-refractivity contribution < 1.29 is 19.8 Å². The van der Waals surface area contributed by atoms with E-state index in [9.17, 15) is 14.7 Å². The van der Waals surface area contributed by atoms with Crippen molar-refractivity contribution in [1.29, 1.82) is 0 Å². The van der Waals surface area contributed by atoms with Gasteiger partial charge in [0.25, 0.3) is 0 Å². The van der Waals surface area contributed by atoms with Gasteiger partial charge in [-0.25, -0.2) is 0 Å². The number of aliphatic hydroxyl groups is 2. The Kier molecular flexibility index (Phi) is 5.35. The second kappa shape index (κ2) is 6.55. The van der Waals surface area contributed by atoms with E-state index in [2.05, 4.69) is 0 Å². The van der Waals surface area contributed by atoms with Gasteiger partial charge in [0.1, 0.15) is 6.61 Å². The van der Waals surface area contributed by atoms with Crippen LogP contribution in [0.3, 0.4) is 0 Å². The number of hydrogen-bond acceptors (Lipinski definition) is 4. The number of Topliss-reactive ketones (excluding diaryl/α,β-unsaturated/α-hetero) is 2. The molecule has 0 radical (unpaired) electrons. The van der Waals surface area contributed by atoms with E-state index in [0.29, 0.717) is 12.8 Å². The van der Waals surface area contributed by atoms with E-state index < -0.39 is 6.10 Å². The van der Waals surface area contributed by atoms with Crippen molar-refractivity contribution >= 4 is 11.6 Å². The Morgan fingerprint density at radius 1 is 1.38 bits per heavy atom. The van der Waals surface area contributed by atoms with Crippen LogP contribution in [0.4, 0.5) is 0 Å². The number of ketones is 2. The molecule has 1 aliphatic carbocycles. The lowest BCUT2D eigenvalue weighted by molar-refractivity contribution is -0.122. The topological polar surface area (TPSA) is 74.6 Å². The van der Waals surface area contributed by atoms with Crippen molar-refractivity contribution in [3.63, 3.8) is 0 Å². The quantitative estimate of drug-likeness (QED) is 0.628. The average Bonchev–Trinajstić information content (AvgIpc) is 2.56. The molecule has 0 amide bonds. The number of hydrogen-bond donors (Lipinski definition) is 2. The van der Waals surface area contributed by atoms with Crippen molar-refractivity contribution in [2.45, 2.75) is 44.6 Å². The van der Waals surface area contributed by atoms with E-state index in [1.165, 1.54) is 0 Å². The molecule has 1 atom stereocenters. The highest BCUT2D eigenvalue weighted by Gasteiger charge is 2.21. The number of allylic oxidation sites excluding steroid dienone is 1. The van der Waals surface area contributed by atoms with Crippen LogP contribution in [0.25, 0.3) is 0 Å². The summed E-state index contributed by atoms with van der Waals surface area (Å²) in [4.78, 5) is 22.1. The van der Waals surface area contributed by atoms with Gasteiger partial charge in [-0.15, -0.1) is 0 Å². The summed E-state index contributed by atoms with van der Waals surface area (Å²) in [5, 5.41) is 17.7. The van der Waals surface area contributed by atoms with Crippen molar-refractivity contribution in [3.05, 3.63) is 11.6 Å². The second-order valence-electron chi connectivity index (χ2n) is 4.14. The molecule has 0 saturated heterocycles. The van der Waals surface area contributed by atoms with Crippen LogP contribution in [-0.2, 0) is 9.59 Å². The third kappa shape index (κ3) is 4.24. The van der Waals surface area contributed by atoms with Gasteiger partial charge in [0.2, 0.25) is 0 Å². The zero-order valence-corrected chi connectivity index (χ0v) is 9.32. The van der Waals surface area contributed by atoms with Gasteiger partial charge in [0, 0.05) is 12.8 Å². The summed E-state index contributed by atoms with van der Waals surface area (Å²) < 4.78 is 0. The first-order valence-electron chi connectivity index (χ1n) is 5.68. The zero-order chi connectivity index (χ0) is 12.0. The second-order valence-corrected chi connectivity index (χ2v) is 4.14. The monoisotopic (exact) mass is 226 g/mol. The van der Waals surface area contributed by atoms with Gasteiger partial charge in [-0.3, -0.25) is 9.59 Å². The predicted octanol–water partition coefficient (Wildman–Crippen LogP) is 0.758. The SMILES string of the molecule is O=C(CO)CCCCCC1=CC(O)CC1=O. The normalized spacial score (nSPS) is 20.0. The van der Waals surface area contributed by atoms with Crippen molar-refractivity contribution in [2.75, 3.05) is 6.61 Å². The third-order valence-corrected chi connectivity index (χ3v) is 2.72. The van der Waals surface area contributed by atoms with Crippen LogP contribution in [0.5, 0.6) is 0 Å². The largest absolute Gasteiger partial charge is 0.389 e. The standard InChI is InChI=1S/C12H18O4/c13-8-10(14)5-3-1-2-4-9-6-11(15)7-12(9)16/h6,11,13,15H,1-5,7-8H2. The van der Waals surface area contributed by atoms with Crippen LogP contribution in [-0.4, -0.2) is 34.5 Å². The lowest BCUT2D eigenvalue weighted by Crippen LogP contribution is -2.03. The van der Waals surface area contributed by atoms with Crippen LogP contribution in [0.15, 0.2) is 11.6 Å². The summed E-state index contributed by atoms with van der Waals surface area (Å²) >= 11 is 0. The molecule has 0 aromatic rings. The first-order valence-corrected chi connectivity index (χ1v) is 5.68. The molecule has 0 fully saturated rings. The summed E-state index contributed by atoms with van der Waals surface area (Å²) in [5.41, 5.74) is 0.723. The molecule has 0 spiro atoms. The number of carbonyl (C=O) groups excluding carboxylic acids is 2. The summed E-state index contributed by atoms with van der Waals surface area (Å²) in [7, 11) is 0. The fraction of sp³-hybridized carbons (Fsp3) is 0.667. The summed E-state index contributed by atoms with van der Waals surface area (Å²) in [6.45, 7) is -0.379. The van der Waals surface area contributed by atoms with Crippen LogP contribution in [0, 0.1) is 0 Å². The Hall–Kier alpha value is -1.00. The summed E-state index contributed by atoms with van der Waals surface area (Å²) in [6, 6.07) is 0. The number of aliphatic hydroxyl groups excluding tert-OH is 2. The molecule has 0 aromatic carbocycles. The molecule has 2 N–H and O–H groups in total. The average molecular weight is 226 g/mol. The Morgan fingerprint density at radius 2 is 2.12 bits per heavy atom. The highest BCUT2D eigenvalue weighted by molar-refractivity contribution is 5.98. The first kappa shape index (κ1) is 13.1. The summed E-state index contributed by atoms with van der Waals surface area (Å²) in [5.74, 6) is -0.0921. The van der Waals surface area contributed by atoms with Crippen LogP contribution in [0.1, 0.15) is 38.5 Å². The molecule has 0 aliphatic heterocycles. The molecule has 1 aliphatic rings. The molecule has 0 heterocycles. The summed E-state index contributed by atoms with van der Waals surface area (Å²) in [6.07, 6.45) is 4.81. The molecule has 90 valence electrons. The minimum atomic E-state index is -0.599. The van der Waals surface area contributed by atoms with E-state index in [1.807, 2.05) is 0 Å². The zero-order valence-electron chi connectivity index (χ0n) is 9.32. The van der Waals surface area contributed by atoms with Gasteiger partial charge in [-0.1, -0.05) is 6.42 Å². The van der Waals surface area contributed by atoms with Crippen LogP contribution >= 0.6 is 0 Å². The fourth-order valence-corrected chi connectivity index (χ4v) is 1.82. The molecule has 4 nitrogen and oxygen atoms in total. The van der Waals surface area contributed by atoms with Gasteiger partial charge >= 0.3 is 0 Å². The highest BCUT2D eigenvalue weighted by Crippen LogP contribution is 2.20. The van der Waals surface area contributed by atoms with Crippen molar-refractivity contribution in [1.82, 2.24) is 0 Å². The highest BCUT2D eigenvalue weighted by atomic mass is 16.3. The van der Waals surface area contributed by atoms with E-state index in [0.717, 1.165) is 24.8 Å². The van der Waals surface area contributed by atoms with Gasteiger partial charge < -0.3 is 10.2 Å². The maximum absolute atomic E-state index is 11.3.